The zero-order valence-electron chi connectivity index (χ0n) is 20.3. The SMILES string of the molecule is CN1C(=O)CCSc2cc(N3CCOCC3)c(F)cc21.NC(=O)c1cc(Oc2ccccc2)ccc1F. The Morgan fingerprint density at radius 2 is 1.70 bits per heavy atom. The average molecular weight is 528 g/mol. The Labute approximate surface area is 218 Å². The lowest BCUT2D eigenvalue weighted by Crippen LogP contribution is -2.36. The van der Waals surface area contributed by atoms with Crippen molar-refractivity contribution in [2.75, 3.05) is 48.9 Å². The van der Waals surface area contributed by atoms with Crippen LogP contribution in [0.4, 0.5) is 20.2 Å². The molecule has 2 amide bonds. The maximum atomic E-state index is 14.4. The van der Waals surface area contributed by atoms with Gasteiger partial charge in [0.05, 0.1) is 30.2 Å². The monoisotopic (exact) mass is 527 g/mol. The first kappa shape index (κ1) is 26.4. The van der Waals surface area contributed by atoms with E-state index in [4.69, 9.17) is 15.2 Å². The number of amides is 2. The van der Waals surface area contributed by atoms with Crippen LogP contribution in [0.2, 0.25) is 0 Å². The van der Waals surface area contributed by atoms with Gasteiger partial charge in [-0.1, -0.05) is 18.2 Å². The van der Waals surface area contributed by atoms with Gasteiger partial charge in [-0.25, -0.2) is 8.78 Å². The number of carbonyl (C=O) groups is 2. The van der Waals surface area contributed by atoms with Gasteiger partial charge in [0.25, 0.3) is 5.91 Å². The van der Waals surface area contributed by atoms with Gasteiger partial charge < -0.3 is 25.0 Å². The maximum absolute atomic E-state index is 14.4. The van der Waals surface area contributed by atoms with Crippen LogP contribution in [0.5, 0.6) is 11.5 Å². The van der Waals surface area contributed by atoms with Crippen molar-refractivity contribution >= 4 is 35.0 Å². The first-order valence-electron chi connectivity index (χ1n) is 11.7. The summed E-state index contributed by atoms with van der Waals surface area (Å²) in [6.45, 7) is 2.66. The molecule has 5 rings (SSSR count). The number of carbonyl (C=O) groups excluding carboxylic acids is 2. The van der Waals surface area contributed by atoms with Crippen LogP contribution in [-0.4, -0.2) is 50.9 Å². The number of rotatable bonds is 4. The van der Waals surface area contributed by atoms with Crippen molar-refractivity contribution in [2.45, 2.75) is 11.3 Å². The number of hydrogen-bond donors (Lipinski definition) is 1. The van der Waals surface area contributed by atoms with E-state index in [1.54, 1.807) is 35.8 Å². The van der Waals surface area contributed by atoms with E-state index in [0.717, 1.165) is 16.7 Å². The van der Waals surface area contributed by atoms with Gasteiger partial charge in [-0.05, 0) is 36.4 Å². The fraction of sp³-hybridized carbons (Fsp3) is 0.259. The molecule has 0 radical (unpaired) electrons. The fourth-order valence-electron chi connectivity index (χ4n) is 3.89. The minimum absolute atomic E-state index is 0.0368. The number of primary amides is 1. The molecule has 0 atom stereocenters. The molecule has 37 heavy (non-hydrogen) atoms. The molecule has 0 saturated carbocycles. The van der Waals surface area contributed by atoms with Crippen LogP contribution in [-0.2, 0) is 9.53 Å². The van der Waals surface area contributed by atoms with Crippen molar-refractivity contribution in [1.29, 1.82) is 0 Å². The summed E-state index contributed by atoms with van der Waals surface area (Å²) in [5, 5.41) is 0. The number of nitrogens with zero attached hydrogens (tertiary/aromatic N) is 2. The van der Waals surface area contributed by atoms with E-state index < -0.39 is 11.7 Å². The Morgan fingerprint density at radius 1 is 0.973 bits per heavy atom. The molecule has 2 aliphatic rings. The molecule has 1 fully saturated rings. The van der Waals surface area contributed by atoms with Crippen molar-refractivity contribution in [1.82, 2.24) is 0 Å². The highest BCUT2D eigenvalue weighted by Gasteiger charge is 2.24. The number of nitrogens with two attached hydrogens (primary N) is 1. The summed E-state index contributed by atoms with van der Waals surface area (Å²) in [5.41, 5.74) is 6.15. The van der Waals surface area contributed by atoms with E-state index in [-0.39, 0.29) is 17.3 Å². The number of anilines is 2. The number of thioether (sulfide) groups is 1. The summed E-state index contributed by atoms with van der Waals surface area (Å²) in [6, 6.07) is 16.2. The molecule has 2 N–H and O–H groups in total. The summed E-state index contributed by atoms with van der Waals surface area (Å²) in [5.74, 6) is 0.00657. The first-order valence-corrected chi connectivity index (χ1v) is 12.7. The lowest BCUT2D eigenvalue weighted by atomic mass is 10.2. The summed E-state index contributed by atoms with van der Waals surface area (Å²) in [6.07, 6.45) is 0.490. The molecule has 0 bridgehead atoms. The minimum atomic E-state index is -0.819. The molecule has 3 aromatic rings. The van der Waals surface area contributed by atoms with Crippen LogP contribution >= 0.6 is 11.8 Å². The number of hydrogen-bond acceptors (Lipinski definition) is 6. The standard InChI is InChI=1S/C14H17FN2O2S.C13H10FNO2/c1-16-12-8-10(15)11(17-3-5-19-6-4-17)9-13(12)20-7-2-14(16)18;14-12-7-6-10(8-11(12)13(15)16)17-9-4-2-1-3-5-9/h8-9H,2-7H2,1H3;1-8H,(H2,15,16). The van der Waals surface area contributed by atoms with Gasteiger partial charge in [-0.2, -0.15) is 0 Å². The van der Waals surface area contributed by atoms with Crippen molar-refractivity contribution in [3.63, 3.8) is 0 Å². The van der Waals surface area contributed by atoms with Gasteiger partial charge in [-0.3, -0.25) is 9.59 Å². The predicted molar refractivity (Wildman–Crippen MR) is 140 cm³/mol. The molecule has 0 unspecified atom stereocenters. The molecule has 0 aromatic heterocycles. The second-order valence-electron chi connectivity index (χ2n) is 8.34. The molecular weight excluding hydrogens is 500 g/mol. The quantitative estimate of drug-likeness (QED) is 0.523. The average Bonchev–Trinajstić information content (AvgIpc) is 3.04. The van der Waals surface area contributed by atoms with Crippen molar-refractivity contribution in [3.05, 3.63) is 77.9 Å². The lowest BCUT2D eigenvalue weighted by molar-refractivity contribution is -0.117. The summed E-state index contributed by atoms with van der Waals surface area (Å²) < 4.78 is 38.3. The smallest absolute Gasteiger partial charge is 0.251 e. The lowest BCUT2D eigenvalue weighted by Gasteiger charge is -2.30. The first-order chi connectivity index (χ1) is 17.8. The van der Waals surface area contributed by atoms with Crippen LogP contribution < -0.4 is 20.3 Å². The number of halogens is 2. The molecule has 1 saturated heterocycles. The molecule has 194 valence electrons. The van der Waals surface area contributed by atoms with E-state index in [1.165, 1.54) is 18.2 Å². The zero-order chi connectivity index (χ0) is 26.4. The van der Waals surface area contributed by atoms with Crippen molar-refractivity contribution in [2.24, 2.45) is 5.73 Å². The van der Waals surface area contributed by atoms with E-state index in [9.17, 15) is 18.4 Å². The zero-order valence-corrected chi connectivity index (χ0v) is 21.1. The van der Waals surface area contributed by atoms with Crippen LogP contribution in [0.3, 0.4) is 0 Å². The van der Waals surface area contributed by atoms with Crippen molar-refractivity contribution < 1.29 is 27.8 Å². The third-order valence-electron chi connectivity index (χ3n) is 5.87. The van der Waals surface area contributed by atoms with E-state index >= 15 is 0 Å². The highest BCUT2D eigenvalue weighted by molar-refractivity contribution is 7.99. The largest absolute Gasteiger partial charge is 0.457 e. The van der Waals surface area contributed by atoms with Gasteiger partial charge in [-0.15, -0.1) is 11.8 Å². The molecule has 0 spiro atoms. The summed E-state index contributed by atoms with van der Waals surface area (Å²) in [4.78, 5) is 27.3. The van der Waals surface area contributed by atoms with Crippen LogP contribution in [0.25, 0.3) is 0 Å². The highest BCUT2D eigenvalue weighted by atomic mass is 32.2. The number of ether oxygens (including phenoxy) is 2. The third-order valence-corrected chi connectivity index (χ3v) is 6.92. The van der Waals surface area contributed by atoms with E-state index in [0.29, 0.717) is 55.6 Å². The number of benzene rings is 3. The molecule has 2 heterocycles. The molecule has 7 nitrogen and oxygen atoms in total. The molecule has 3 aromatic carbocycles. The summed E-state index contributed by atoms with van der Waals surface area (Å²) in [7, 11) is 1.71. The Kier molecular flexibility index (Phi) is 8.62. The van der Waals surface area contributed by atoms with Crippen molar-refractivity contribution in [3.8, 4) is 11.5 Å². The van der Waals surface area contributed by atoms with Gasteiger partial charge in [0.2, 0.25) is 5.91 Å². The molecule has 10 heteroatoms. The Morgan fingerprint density at radius 3 is 2.41 bits per heavy atom. The Hall–Kier alpha value is -3.63. The van der Waals surface area contributed by atoms with E-state index in [2.05, 4.69) is 0 Å². The van der Waals surface area contributed by atoms with Gasteiger partial charge in [0.15, 0.2) is 0 Å². The minimum Gasteiger partial charge on any atom is -0.457 e. The fourth-order valence-corrected chi connectivity index (χ4v) is 4.92. The second kappa shape index (κ2) is 12.1. The molecule has 2 aliphatic heterocycles. The van der Waals surface area contributed by atoms with Gasteiger partial charge >= 0.3 is 0 Å². The maximum Gasteiger partial charge on any atom is 0.251 e. The third kappa shape index (κ3) is 6.58. The normalized spacial score (nSPS) is 15.3. The number of para-hydroxylation sites is 1. The topological polar surface area (TPSA) is 85.1 Å². The molecular formula is C27H27F2N3O4S. The predicted octanol–water partition coefficient (Wildman–Crippen LogP) is 4.84. The van der Waals surface area contributed by atoms with E-state index in [1.807, 2.05) is 29.2 Å². The molecule has 0 aliphatic carbocycles. The number of morpholine rings is 1. The second-order valence-corrected chi connectivity index (χ2v) is 9.48. The van der Waals surface area contributed by atoms with Gasteiger partial charge in [0.1, 0.15) is 23.1 Å². The Balaban J connectivity index is 0.000000176. The Bertz CT molecular complexity index is 1270. The van der Waals surface area contributed by atoms with Crippen LogP contribution in [0.1, 0.15) is 16.8 Å². The van der Waals surface area contributed by atoms with Gasteiger partial charge in [0, 0.05) is 43.3 Å². The van der Waals surface area contributed by atoms with Crippen LogP contribution in [0, 0.1) is 11.6 Å². The van der Waals surface area contributed by atoms with Crippen LogP contribution in [0.15, 0.2) is 65.6 Å². The summed E-state index contributed by atoms with van der Waals surface area (Å²) >= 11 is 1.62. The highest BCUT2D eigenvalue weighted by Crippen LogP contribution is 2.38. The number of fused-ring (bicyclic) bond motifs is 1.